The summed E-state index contributed by atoms with van der Waals surface area (Å²) < 4.78 is 1.15. The van der Waals surface area contributed by atoms with Gasteiger partial charge in [-0.3, -0.25) is 0 Å². The number of aryl methyl sites for hydroxylation is 2. The van der Waals surface area contributed by atoms with E-state index in [1.165, 1.54) is 21.7 Å². The molecule has 102 valence electrons. The molecule has 0 saturated heterocycles. The Morgan fingerprint density at radius 2 is 2.16 bits per heavy atom. The van der Waals surface area contributed by atoms with Crippen LogP contribution in [-0.4, -0.2) is 12.0 Å². The smallest absolute Gasteiger partial charge is 0.123 e. The molecule has 2 aromatic rings. The zero-order valence-electron chi connectivity index (χ0n) is 11.6. The van der Waals surface area contributed by atoms with E-state index < -0.39 is 0 Å². The monoisotopic (exact) mass is 338 g/mol. The molecule has 0 bridgehead atoms. The van der Waals surface area contributed by atoms with E-state index in [0.717, 1.165) is 28.9 Å². The van der Waals surface area contributed by atoms with Crippen LogP contribution >= 0.6 is 27.3 Å². The van der Waals surface area contributed by atoms with E-state index in [9.17, 15) is 0 Å². The van der Waals surface area contributed by atoms with Gasteiger partial charge in [-0.05, 0) is 32.0 Å². The van der Waals surface area contributed by atoms with Crippen LogP contribution in [0.25, 0.3) is 10.6 Å². The van der Waals surface area contributed by atoms with Crippen LogP contribution in [0, 0.1) is 6.92 Å². The van der Waals surface area contributed by atoms with Crippen LogP contribution in [0.2, 0.25) is 0 Å². The van der Waals surface area contributed by atoms with Gasteiger partial charge in [0.15, 0.2) is 0 Å². The average molecular weight is 339 g/mol. The van der Waals surface area contributed by atoms with Gasteiger partial charge in [0.05, 0.1) is 5.69 Å². The summed E-state index contributed by atoms with van der Waals surface area (Å²) in [5.41, 5.74) is 3.69. The van der Waals surface area contributed by atoms with Gasteiger partial charge in [0.25, 0.3) is 0 Å². The van der Waals surface area contributed by atoms with Gasteiger partial charge in [0.1, 0.15) is 5.01 Å². The molecule has 0 aliphatic heterocycles. The number of hydrogen-bond acceptors (Lipinski definition) is 3. The highest BCUT2D eigenvalue weighted by Crippen LogP contribution is 2.31. The van der Waals surface area contributed by atoms with Crippen molar-refractivity contribution in [2.24, 2.45) is 0 Å². The minimum Gasteiger partial charge on any atom is -0.315 e. The van der Waals surface area contributed by atoms with Crippen molar-refractivity contribution in [1.82, 2.24) is 10.3 Å². The Labute approximate surface area is 127 Å². The van der Waals surface area contributed by atoms with Crippen molar-refractivity contribution in [1.29, 1.82) is 0 Å². The first kappa shape index (κ1) is 14.7. The number of aromatic nitrogens is 1. The lowest BCUT2D eigenvalue weighted by Gasteiger charge is -2.00. The van der Waals surface area contributed by atoms with E-state index in [1.54, 1.807) is 11.3 Å². The second-order valence-electron chi connectivity index (χ2n) is 4.63. The van der Waals surface area contributed by atoms with Gasteiger partial charge in [0, 0.05) is 21.5 Å². The van der Waals surface area contributed by atoms with E-state index in [4.69, 9.17) is 4.98 Å². The molecule has 0 aliphatic rings. The molecule has 2 nitrogen and oxygen atoms in total. The van der Waals surface area contributed by atoms with Crippen LogP contribution in [0.1, 0.15) is 29.5 Å². The molecule has 1 aromatic carbocycles. The molecule has 2 rings (SSSR count). The lowest BCUT2D eigenvalue weighted by atomic mass is 10.1. The fourth-order valence-electron chi connectivity index (χ4n) is 1.96. The molecule has 0 fully saturated rings. The second-order valence-corrected chi connectivity index (χ2v) is 6.57. The Hall–Kier alpha value is -0.710. The Balaban J connectivity index is 2.38. The maximum Gasteiger partial charge on any atom is 0.123 e. The molecule has 1 aromatic heterocycles. The topological polar surface area (TPSA) is 24.9 Å². The Kier molecular flexibility index (Phi) is 5.13. The third-order valence-corrected chi connectivity index (χ3v) is 5.02. The van der Waals surface area contributed by atoms with Crippen LogP contribution in [0.5, 0.6) is 0 Å². The minimum atomic E-state index is 0.903. The van der Waals surface area contributed by atoms with Crippen molar-refractivity contribution in [3.8, 4) is 10.6 Å². The van der Waals surface area contributed by atoms with E-state index in [-0.39, 0.29) is 0 Å². The predicted octanol–water partition coefficient (Wildman–Crippen LogP) is 4.55. The summed E-state index contributed by atoms with van der Waals surface area (Å²) in [7, 11) is 1.98. The summed E-state index contributed by atoms with van der Waals surface area (Å²) in [6.07, 6.45) is 2.19. The maximum absolute atomic E-state index is 4.82. The Morgan fingerprint density at radius 1 is 1.37 bits per heavy atom. The molecule has 0 saturated carbocycles. The van der Waals surface area contributed by atoms with Crippen molar-refractivity contribution in [3.63, 3.8) is 0 Å². The van der Waals surface area contributed by atoms with Gasteiger partial charge < -0.3 is 5.32 Å². The molecule has 0 amide bonds. The molecule has 0 aliphatic carbocycles. The largest absolute Gasteiger partial charge is 0.315 e. The van der Waals surface area contributed by atoms with Gasteiger partial charge in [-0.1, -0.05) is 41.4 Å². The van der Waals surface area contributed by atoms with Crippen LogP contribution in [0.4, 0.5) is 0 Å². The van der Waals surface area contributed by atoms with Crippen LogP contribution in [0.3, 0.4) is 0 Å². The van der Waals surface area contributed by atoms with Crippen molar-refractivity contribution >= 4 is 27.3 Å². The molecule has 0 atom stereocenters. The molecule has 4 heteroatoms. The van der Waals surface area contributed by atoms with Gasteiger partial charge >= 0.3 is 0 Å². The molecule has 19 heavy (non-hydrogen) atoms. The summed E-state index contributed by atoms with van der Waals surface area (Å²) in [5.74, 6) is 0. The number of benzene rings is 1. The van der Waals surface area contributed by atoms with E-state index in [1.807, 2.05) is 7.05 Å². The number of hydrogen-bond donors (Lipinski definition) is 1. The molecule has 1 N–H and O–H groups in total. The van der Waals surface area contributed by atoms with E-state index in [2.05, 4.69) is 53.3 Å². The van der Waals surface area contributed by atoms with Crippen LogP contribution in [-0.2, 0) is 13.0 Å². The van der Waals surface area contributed by atoms with E-state index >= 15 is 0 Å². The van der Waals surface area contributed by atoms with Crippen LogP contribution < -0.4 is 5.32 Å². The molecular weight excluding hydrogens is 320 g/mol. The summed E-state index contributed by atoms with van der Waals surface area (Å²) in [6.45, 7) is 5.20. The first-order valence-electron chi connectivity index (χ1n) is 6.55. The van der Waals surface area contributed by atoms with Crippen molar-refractivity contribution in [3.05, 3.63) is 38.8 Å². The van der Waals surface area contributed by atoms with Gasteiger partial charge in [-0.2, -0.15) is 0 Å². The number of halogens is 1. The highest BCUT2D eigenvalue weighted by Gasteiger charge is 2.12. The van der Waals surface area contributed by atoms with Gasteiger partial charge in [-0.15, -0.1) is 11.3 Å². The summed E-state index contributed by atoms with van der Waals surface area (Å²) in [4.78, 5) is 6.17. The molecule has 0 radical (unpaired) electrons. The maximum atomic E-state index is 4.82. The average Bonchev–Trinajstić information content (AvgIpc) is 2.77. The first-order valence-corrected chi connectivity index (χ1v) is 8.16. The third kappa shape index (κ3) is 3.44. The van der Waals surface area contributed by atoms with Crippen molar-refractivity contribution in [2.45, 2.75) is 33.2 Å². The quantitative estimate of drug-likeness (QED) is 0.864. The molecule has 0 spiro atoms. The summed E-state index contributed by atoms with van der Waals surface area (Å²) in [6, 6.07) is 6.45. The second kappa shape index (κ2) is 6.64. The first-order chi connectivity index (χ1) is 9.15. The standard InChI is InChI=1S/C15H19BrN2S/c1-4-5-13-14(9-17-3)19-15(18-13)11-7-6-10(2)12(16)8-11/h6-8,17H,4-5,9H2,1-3H3. The normalized spacial score (nSPS) is 10.9. The Bertz CT molecular complexity index is 540. The lowest BCUT2D eigenvalue weighted by molar-refractivity contribution is 0.798. The SMILES string of the molecule is CCCc1nc(-c2ccc(C)c(Br)c2)sc1CNC. The highest BCUT2D eigenvalue weighted by atomic mass is 79.9. The molecular formula is C15H19BrN2S. The van der Waals surface area contributed by atoms with Gasteiger partial charge in [0.2, 0.25) is 0 Å². The molecule has 0 unspecified atom stereocenters. The number of nitrogens with one attached hydrogen (secondary N) is 1. The number of thiazole rings is 1. The lowest BCUT2D eigenvalue weighted by Crippen LogP contribution is -2.05. The summed E-state index contributed by atoms with van der Waals surface area (Å²) >= 11 is 5.39. The number of rotatable bonds is 5. The van der Waals surface area contributed by atoms with Gasteiger partial charge in [-0.25, -0.2) is 4.98 Å². The highest BCUT2D eigenvalue weighted by molar-refractivity contribution is 9.10. The fraction of sp³-hybridized carbons (Fsp3) is 0.400. The predicted molar refractivity (Wildman–Crippen MR) is 86.7 cm³/mol. The number of nitrogens with zero attached hydrogens (tertiary/aromatic N) is 1. The molecule has 1 heterocycles. The minimum absolute atomic E-state index is 0.903. The fourth-order valence-corrected chi connectivity index (χ4v) is 3.46. The van der Waals surface area contributed by atoms with Crippen LogP contribution in [0.15, 0.2) is 22.7 Å². The third-order valence-electron chi connectivity index (χ3n) is 3.02. The summed E-state index contributed by atoms with van der Waals surface area (Å²) in [5, 5.41) is 4.35. The zero-order chi connectivity index (χ0) is 13.8. The zero-order valence-corrected chi connectivity index (χ0v) is 14.0. The van der Waals surface area contributed by atoms with Crippen molar-refractivity contribution in [2.75, 3.05) is 7.05 Å². The van der Waals surface area contributed by atoms with E-state index in [0.29, 0.717) is 0 Å². The Morgan fingerprint density at radius 3 is 2.79 bits per heavy atom. The van der Waals surface area contributed by atoms with Crippen molar-refractivity contribution < 1.29 is 0 Å².